The van der Waals surface area contributed by atoms with Crippen LogP contribution in [0.2, 0.25) is 0 Å². The van der Waals surface area contributed by atoms with Gasteiger partial charge in [-0.25, -0.2) is 0 Å². The lowest BCUT2D eigenvalue weighted by molar-refractivity contribution is 0.102. The van der Waals surface area contributed by atoms with Gasteiger partial charge >= 0.3 is 0 Å². The number of carbonyl (C=O) groups is 1. The third-order valence-corrected chi connectivity index (χ3v) is 3.98. The van der Waals surface area contributed by atoms with Crippen LogP contribution in [0.5, 0.6) is 11.5 Å². The van der Waals surface area contributed by atoms with Crippen LogP contribution in [0.15, 0.2) is 30.0 Å². The molecular formula is C17H18N2O3. The Labute approximate surface area is 129 Å². The highest BCUT2D eigenvalue weighted by Crippen LogP contribution is 2.30. The first-order valence-corrected chi connectivity index (χ1v) is 7.12. The zero-order valence-corrected chi connectivity index (χ0v) is 12.9. The molecule has 3 rings (SSSR count). The first-order chi connectivity index (χ1) is 10.6. The summed E-state index contributed by atoms with van der Waals surface area (Å²) >= 11 is 0. The third-order valence-electron chi connectivity index (χ3n) is 3.98. The Morgan fingerprint density at radius 3 is 2.68 bits per heavy atom. The fraction of sp³-hybridized carbons (Fsp3) is 0.294. The van der Waals surface area contributed by atoms with E-state index in [1.54, 1.807) is 25.1 Å². The molecule has 0 spiro atoms. The van der Waals surface area contributed by atoms with Crippen LogP contribution < -0.4 is 9.47 Å². The van der Waals surface area contributed by atoms with Crippen molar-refractivity contribution in [1.82, 2.24) is 9.78 Å². The molecule has 0 saturated heterocycles. The summed E-state index contributed by atoms with van der Waals surface area (Å²) in [6.07, 6.45) is 5.12. The average Bonchev–Trinajstić information content (AvgIpc) is 2.92. The third kappa shape index (κ3) is 2.39. The van der Waals surface area contributed by atoms with Crippen molar-refractivity contribution in [3.63, 3.8) is 0 Å². The fourth-order valence-electron chi connectivity index (χ4n) is 2.77. The van der Waals surface area contributed by atoms with E-state index in [0.717, 1.165) is 29.7 Å². The number of carbonyl (C=O) groups excluding carboxylic acids is 1. The van der Waals surface area contributed by atoms with Crippen LogP contribution >= 0.6 is 0 Å². The second kappa shape index (κ2) is 5.67. The highest BCUT2D eigenvalue weighted by molar-refractivity contribution is 6.12. The number of allylic oxidation sites excluding steroid dienone is 1. The lowest BCUT2D eigenvalue weighted by Gasteiger charge is -2.15. The molecule has 1 aliphatic carbocycles. The van der Waals surface area contributed by atoms with Gasteiger partial charge in [-0.15, -0.1) is 0 Å². The molecule has 0 saturated carbocycles. The predicted molar refractivity (Wildman–Crippen MR) is 83.4 cm³/mol. The SMILES string of the molecule is COc1ccc(/C=C2/CCc3c(cnn3C)C2=O)cc1OC. The molecule has 0 aliphatic heterocycles. The van der Waals surface area contributed by atoms with Crippen LogP contribution in [-0.4, -0.2) is 29.8 Å². The summed E-state index contributed by atoms with van der Waals surface area (Å²) in [5.74, 6) is 1.39. The molecule has 0 amide bonds. The summed E-state index contributed by atoms with van der Waals surface area (Å²) in [7, 11) is 5.07. The standard InChI is InChI=1S/C17H18N2O3/c1-19-14-6-5-12(17(20)13(14)10-18-19)8-11-4-7-15(21-2)16(9-11)22-3/h4,7-10H,5-6H2,1-3H3/b12-8-. The molecule has 2 aromatic rings. The maximum absolute atomic E-state index is 12.5. The number of aryl methyl sites for hydroxylation is 1. The van der Waals surface area contributed by atoms with Gasteiger partial charge in [0.1, 0.15) is 0 Å². The van der Waals surface area contributed by atoms with Gasteiger partial charge in [0.2, 0.25) is 0 Å². The van der Waals surface area contributed by atoms with Crippen molar-refractivity contribution in [2.24, 2.45) is 7.05 Å². The molecular weight excluding hydrogens is 280 g/mol. The Bertz CT molecular complexity index is 759. The van der Waals surface area contributed by atoms with Gasteiger partial charge in [-0.1, -0.05) is 6.07 Å². The van der Waals surface area contributed by atoms with Crippen LogP contribution in [-0.2, 0) is 13.5 Å². The molecule has 1 aromatic heterocycles. The number of benzene rings is 1. The van der Waals surface area contributed by atoms with E-state index in [9.17, 15) is 4.79 Å². The van der Waals surface area contributed by atoms with Crippen LogP contribution in [0.4, 0.5) is 0 Å². The Morgan fingerprint density at radius 2 is 1.95 bits per heavy atom. The molecule has 5 nitrogen and oxygen atoms in total. The maximum atomic E-state index is 12.5. The molecule has 0 bridgehead atoms. The molecule has 0 N–H and O–H groups in total. The molecule has 1 aromatic carbocycles. The number of aromatic nitrogens is 2. The second-order valence-corrected chi connectivity index (χ2v) is 5.24. The van der Waals surface area contributed by atoms with E-state index in [1.165, 1.54) is 0 Å². The van der Waals surface area contributed by atoms with Gasteiger partial charge in [-0.2, -0.15) is 5.10 Å². The molecule has 0 unspecified atom stereocenters. The summed E-state index contributed by atoms with van der Waals surface area (Å²) in [4.78, 5) is 12.5. The molecule has 114 valence electrons. The van der Waals surface area contributed by atoms with Gasteiger partial charge in [0, 0.05) is 18.3 Å². The first-order valence-electron chi connectivity index (χ1n) is 7.12. The summed E-state index contributed by atoms with van der Waals surface area (Å²) in [5, 5.41) is 4.17. The minimum atomic E-state index is 0.0594. The minimum Gasteiger partial charge on any atom is -0.493 e. The predicted octanol–water partition coefficient (Wildman–Crippen LogP) is 2.65. The topological polar surface area (TPSA) is 53.4 Å². The monoisotopic (exact) mass is 298 g/mol. The number of hydrogen-bond donors (Lipinski definition) is 0. The summed E-state index contributed by atoms with van der Waals surface area (Å²) in [6, 6.07) is 5.63. The minimum absolute atomic E-state index is 0.0594. The quantitative estimate of drug-likeness (QED) is 0.817. The fourth-order valence-corrected chi connectivity index (χ4v) is 2.77. The first kappa shape index (κ1) is 14.4. The van der Waals surface area contributed by atoms with Crippen molar-refractivity contribution in [3.8, 4) is 11.5 Å². The maximum Gasteiger partial charge on any atom is 0.192 e. The number of methoxy groups -OCH3 is 2. The van der Waals surface area contributed by atoms with Crippen LogP contribution in [0.1, 0.15) is 28.0 Å². The number of nitrogens with zero attached hydrogens (tertiary/aromatic N) is 2. The molecule has 0 radical (unpaired) electrons. The number of fused-ring (bicyclic) bond motifs is 1. The largest absolute Gasteiger partial charge is 0.493 e. The highest BCUT2D eigenvalue weighted by Gasteiger charge is 2.24. The van der Waals surface area contributed by atoms with E-state index in [4.69, 9.17) is 9.47 Å². The normalized spacial score (nSPS) is 15.8. The number of rotatable bonds is 3. The zero-order valence-electron chi connectivity index (χ0n) is 12.9. The Kier molecular flexibility index (Phi) is 3.71. The van der Waals surface area contributed by atoms with E-state index in [2.05, 4.69) is 5.10 Å². The van der Waals surface area contributed by atoms with Gasteiger partial charge in [0.25, 0.3) is 0 Å². The molecule has 5 heteroatoms. The Morgan fingerprint density at radius 1 is 1.18 bits per heavy atom. The van der Waals surface area contributed by atoms with Crippen LogP contribution in [0, 0.1) is 0 Å². The molecule has 22 heavy (non-hydrogen) atoms. The number of ketones is 1. The number of hydrogen-bond acceptors (Lipinski definition) is 4. The molecule has 1 aliphatic rings. The average molecular weight is 298 g/mol. The lowest BCUT2D eigenvalue weighted by atomic mass is 9.90. The van der Waals surface area contributed by atoms with E-state index >= 15 is 0 Å². The lowest BCUT2D eigenvalue weighted by Crippen LogP contribution is -2.14. The van der Waals surface area contributed by atoms with E-state index in [1.807, 2.05) is 31.3 Å². The van der Waals surface area contributed by atoms with E-state index in [-0.39, 0.29) is 5.78 Å². The van der Waals surface area contributed by atoms with E-state index in [0.29, 0.717) is 17.1 Å². The number of ether oxygens (including phenoxy) is 2. The van der Waals surface area contributed by atoms with Gasteiger partial charge in [-0.3, -0.25) is 9.48 Å². The van der Waals surface area contributed by atoms with Crippen molar-refractivity contribution >= 4 is 11.9 Å². The summed E-state index contributed by atoms with van der Waals surface area (Å²) in [5.41, 5.74) is 3.44. The van der Waals surface area contributed by atoms with Gasteiger partial charge < -0.3 is 9.47 Å². The second-order valence-electron chi connectivity index (χ2n) is 5.24. The van der Waals surface area contributed by atoms with Gasteiger partial charge in [0.15, 0.2) is 17.3 Å². The van der Waals surface area contributed by atoms with Crippen LogP contribution in [0.3, 0.4) is 0 Å². The Balaban J connectivity index is 1.95. The van der Waals surface area contributed by atoms with Crippen molar-refractivity contribution in [3.05, 3.63) is 46.8 Å². The van der Waals surface area contributed by atoms with Crippen molar-refractivity contribution < 1.29 is 14.3 Å². The zero-order chi connectivity index (χ0) is 15.7. The van der Waals surface area contributed by atoms with Crippen molar-refractivity contribution in [2.45, 2.75) is 12.8 Å². The smallest absolute Gasteiger partial charge is 0.192 e. The summed E-state index contributed by atoms with van der Waals surface area (Å²) < 4.78 is 12.3. The molecule has 0 atom stereocenters. The van der Waals surface area contributed by atoms with Gasteiger partial charge in [-0.05, 0) is 36.6 Å². The van der Waals surface area contributed by atoms with Gasteiger partial charge in [0.05, 0.1) is 26.0 Å². The van der Waals surface area contributed by atoms with E-state index < -0.39 is 0 Å². The molecule has 1 heterocycles. The Hall–Kier alpha value is -2.56. The molecule has 0 fully saturated rings. The van der Waals surface area contributed by atoms with Crippen molar-refractivity contribution in [1.29, 1.82) is 0 Å². The van der Waals surface area contributed by atoms with Crippen LogP contribution in [0.25, 0.3) is 6.08 Å². The highest BCUT2D eigenvalue weighted by atomic mass is 16.5. The number of Topliss-reactive ketones (excluding diaryl/α,β-unsaturated/α-hetero) is 1. The summed E-state index contributed by atoms with van der Waals surface area (Å²) in [6.45, 7) is 0. The van der Waals surface area contributed by atoms with Crippen molar-refractivity contribution in [2.75, 3.05) is 14.2 Å².